The molecule has 33 heavy (non-hydrogen) atoms. The molecule has 168 valence electrons. The summed E-state index contributed by atoms with van der Waals surface area (Å²) >= 11 is 24.2. The predicted octanol–water partition coefficient (Wildman–Crippen LogP) is 8.10. The molecule has 0 unspecified atom stereocenters. The van der Waals surface area contributed by atoms with E-state index in [1.54, 1.807) is 30.3 Å². The number of nitrogens with zero attached hydrogens (tertiary/aromatic N) is 1. The molecule has 4 aromatic rings. The average Bonchev–Trinajstić information content (AvgIpc) is 3.19. The van der Waals surface area contributed by atoms with Gasteiger partial charge >= 0.3 is 5.91 Å². The van der Waals surface area contributed by atoms with E-state index in [2.05, 4.69) is 49.0 Å². The van der Waals surface area contributed by atoms with Crippen LogP contribution in [-0.2, 0) is 6.61 Å². The quantitative estimate of drug-likeness (QED) is 0.127. The molecule has 0 fully saturated rings. The van der Waals surface area contributed by atoms with Crippen molar-refractivity contribution in [2.45, 2.75) is 6.61 Å². The van der Waals surface area contributed by atoms with Gasteiger partial charge in [-0.05, 0) is 76.2 Å². The molecule has 0 aliphatic heterocycles. The fourth-order valence-corrected chi connectivity index (χ4v) is 5.34. The fourth-order valence-electron chi connectivity index (χ4n) is 2.94. The summed E-state index contributed by atoms with van der Waals surface area (Å²) in [6, 6.07) is 16.0. The van der Waals surface area contributed by atoms with E-state index >= 15 is 0 Å². The molecule has 0 atom stereocenters. The zero-order chi connectivity index (χ0) is 23.5. The van der Waals surface area contributed by atoms with Gasteiger partial charge in [-0.1, -0.05) is 62.9 Å². The Balaban J connectivity index is 1.42. The molecule has 5 nitrogen and oxygen atoms in total. The number of hydrogen-bond donors (Lipinski definition) is 1. The third-order valence-electron chi connectivity index (χ3n) is 4.46. The maximum atomic E-state index is 12.4. The lowest BCUT2D eigenvalue weighted by molar-refractivity contribution is 0.0929. The molecule has 0 saturated heterocycles. The SMILES string of the molecule is O=C(N/N=C\c1cc(Cl)c(OCc2ccc(Cl)cc2)c(Cl)c1)c1cc2cc(Br)cc(I)c2o1. The molecule has 1 aromatic heterocycles. The van der Waals surface area contributed by atoms with Crippen LogP contribution in [0.1, 0.15) is 21.7 Å². The summed E-state index contributed by atoms with van der Waals surface area (Å²) in [5, 5.41) is 6.08. The molecule has 1 heterocycles. The normalized spacial score (nSPS) is 11.3. The summed E-state index contributed by atoms with van der Waals surface area (Å²) in [5.74, 6) is 0.0344. The maximum Gasteiger partial charge on any atom is 0.307 e. The number of hydrogen-bond acceptors (Lipinski definition) is 4. The third-order valence-corrected chi connectivity index (χ3v) is 6.53. The van der Waals surface area contributed by atoms with Crippen molar-refractivity contribution in [2.75, 3.05) is 0 Å². The number of fused-ring (bicyclic) bond motifs is 1. The molecule has 0 saturated carbocycles. The molecule has 0 spiro atoms. The predicted molar refractivity (Wildman–Crippen MR) is 144 cm³/mol. The summed E-state index contributed by atoms with van der Waals surface area (Å²) in [6.07, 6.45) is 1.43. The summed E-state index contributed by atoms with van der Waals surface area (Å²) in [7, 11) is 0. The van der Waals surface area contributed by atoms with Crippen LogP contribution in [0.5, 0.6) is 5.75 Å². The maximum absolute atomic E-state index is 12.4. The van der Waals surface area contributed by atoms with Crippen molar-refractivity contribution in [3.8, 4) is 5.75 Å². The van der Waals surface area contributed by atoms with Gasteiger partial charge in [-0.3, -0.25) is 4.79 Å². The first-order valence-corrected chi connectivity index (χ1v) is 12.4. The van der Waals surface area contributed by atoms with E-state index in [0.717, 1.165) is 19.0 Å². The van der Waals surface area contributed by atoms with Crippen LogP contribution >= 0.6 is 73.3 Å². The van der Waals surface area contributed by atoms with E-state index in [1.165, 1.54) is 6.21 Å². The van der Waals surface area contributed by atoms with Crippen molar-refractivity contribution in [1.29, 1.82) is 0 Å². The van der Waals surface area contributed by atoms with E-state index in [9.17, 15) is 4.79 Å². The van der Waals surface area contributed by atoms with Crippen molar-refractivity contribution in [3.05, 3.63) is 94.6 Å². The van der Waals surface area contributed by atoms with Crippen LogP contribution in [0.3, 0.4) is 0 Å². The van der Waals surface area contributed by atoms with Crippen LogP contribution in [0.25, 0.3) is 11.0 Å². The monoisotopic (exact) mass is 676 g/mol. The highest BCUT2D eigenvalue weighted by Gasteiger charge is 2.14. The highest BCUT2D eigenvalue weighted by atomic mass is 127. The van der Waals surface area contributed by atoms with E-state index in [1.807, 2.05) is 24.3 Å². The minimum atomic E-state index is -0.477. The molecular weight excluding hydrogens is 665 g/mol. The van der Waals surface area contributed by atoms with Gasteiger partial charge in [0.15, 0.2) is 11.5 Å². The van der Waals surface area contributed by atoms with Gasteiger partial charge in [-0.15, -0.1) is 0 Å². The lowest BCUT2D eigenvalue weighted by Crippen LogP contribution is -2.16. The molecular formula is C23H13BrCl3IN2O3. The largest absolute Gasteiger partial charge is 0.486 e. The molecule has 4 rings (SSSR count). The second-order valence-corrected chi connectivity index (χ2v) is 10.2. The molecule has 10 heteroatoms. The Kier molecular flexibility index (Phi) is 7.86. The van der Waals surface area contributed by atoms with E-state index < -0.39 is 5.91 Å². The van der Waals surface area contributed by atoms with Gasteiger partial charge in [0, 0.05) is 14.9 Å². The smallest absolute Gasteiger partial charge is 0.307 e. The Morgan fingerprint density at radius 3 is 2.48 bits per heavy atom. The van der Waals surface area contributed by atoms with Crippen molar-refractivity contribution < 1.29 is 13.9 Å². The minimum Gasteiger partial charge on any atom is -0.486 e. The summed E-state index contributed by atoms with van der Waals surface area (Å²) in [4.78, 5) is 12.4. The number of rotatable bonds is 6. The molecule has 1 amide bonds. The number of carbonyl (C=O) groups is 1. The number of amides is 1. The van der Waals surface area contributed by atoms with Crippen LogP contribution in [0.15, 0.2) is 68.6 Å². The van der Waals surface area contributed by atoms with E-state index in [0.29, 0.717) is 32.0 Å². The van der Waals surface area contributed by atoms with Gasteiger partial charge in [0.1, 0.15) is 12.2 Å². The number of halogens is 5. The van der Waals surface area contributed by atoms with E-state index in [-0.39, 0.29) is 12.4 Å². The standard InChI is InChI=1S/C23H13BrCl3IN2O3/c24-15-7-14-8-20(33-21(14)19(28)9-15)23(31)30-29-10-13-5-17(26)22(18(27)6-13)32-11-12-1-3-16(25)4-2-12/h1-10H,11H2,(H,30,31)/b29-10-. The van der Waals surface area contributed by atoms with Gasteiger partial charge in [-0.25, -0.2) is 5.43 Å². The first-order chi connectivity index (χ1) is 15.8. The first kappa shape index (κ1) is 24.3. The van der Waals surface area contributed by atoms with Crippen LogP contribution in [0.4, 0.5) is 0 Å². The van der Waals surface area contributed by atoms with Crippen LogP contribution in [0.2, 0.25) is 15.1 Å². The van der Waals surface area contributed by atoms with Crippen molar-refractivity contribution in [1.82, 2.24) is 5.43 Å². The van der Waals surface area contributed by atoms with Crippen LogP contribution in [-0.4, -0.2) is 12.1 Å². The Morgan fingerprint density at radius 1 is 1.09 bits per heavy atom. The Labute approximate surface area is 226 Å². The number of nitrogens with one attached hydrogen (secondary N) is 1. The van der Waals surface area contributed by atoms with Gasteiger partial charge in [0.05, 0.1) is 19.8 Å². The number of ether oxygens (including phenoxy) is 1. The van der Waals surface area contributed by atoms with Crippen molar-refractivity contribution in [3.63, 3.8) is 0 Å². The topological polar surface area (TPSA) is 63.8 Å². The number of furan rings is 1. The zero-order valence-corrected chi connectivity index (χ0v) is 22.6. The lowest BCUT2D eigenvalue weighted by atomic mass is 10.2. The lowest BCUT2D eigenvalue weighted by Gasteiger charge is -2.11. The van der Waals surface area contributed by atoms with Crippen molar-refractivity contribution >= 4 is 96.4 Å². The Hall–Kier alpha value is -1.78. The number of benzene rings is 3. The molecule has 0 aliphatic carbocycles. The molecule has 3 aromatic carbocycles. The third kappa shape index (κ3) is 6.02. The summed E-state index contributed by atoms with van der Waals surface area (Å²) < 4.78 is 13.2. The highest BCUT2D eigenvalue weighted by Crippen LogP contribution is 2.34. The fraction of sp³-hybridized carbons (Fsp3) is 0.0435. The average molecular weight is 679 g/mol. The molecule has 0 aliphatic rings. The summed E-state index contributed by atoms with van der Waals surface area (Å²) in [5.41, 5.74) is 4.59. The van der Waals surface area contributed by atoms with Gasteiger partial charge < -0.3 is 9.15 Å². The molecule has 0 bridgehead atoms. The van der Waals surface area contributed by atoms with Gasteiger partial charge in [0.2, 0.25) is 0 Å². The molecule has 1 N–H and O–H groups in total. The minimum absolute atomic E-state index is 0.153. The molecule has 0 radical (unpaired) electrons. The van der Waals surface area contributed by atoms with Crippen LogP contribution in [0, 0.1) is 3.57 Å². The van der Waals surface area contributed by atoms with Crippen LogP contribution < -0.4 is 10.2 Å². The Bertz CT molecular complexity index is 1350. The van der Waals surface area contributed by atoms with Gasteiger partial charge in [-0.2, -0.15) is 5.10 Å². The number of hydrazone groups is 1. The number of carbonyl (C=O) groups excluding carboxylic acids is 1. The zero-order valence-electron chi connectivity index (χ0n) is 16.5. The summed E-state index contributed by atoms with van der Waals surface area (Å²) in [6.45, 7) is 0.285. The van der Waals surface area contributed by atoms with Crippen molar-refractivity contribution in [2.24, 2.45) is 5.10 Å². The second kappa shape index (κ2) is 10.7. The first-order valence-electron chi connectivity index (χ1n) is 9.38. The van der Waals surface area contributed by atoms with Gasteiger partial charge in [0.25, 0.3) is 0 Å². The Morgan fingerprint density at radius 2 is 1.79 bits per heavy atom. The van der Waals surface area contributed by atoms with E-state index in [4.69, 9.17) is 44.0 Å². The second-order valence-electron chi connectivity index (χ2n) is 6.84. The highest BCUT2D eigenvalue weighted by molar-refractivity contribution is 14.1.